The second kappa shape index (κ2) is 5.04. The number of nitro groups is 1. The number of nitro benzene ring substituents is 1. The zero-order valence-corrected chi connectivity index (χ0v) is 12.4. The molecule has 0 bridgehead atoms. The lowest BCUT2D eigenvalue weighted by Gasteiger charge is -2.15. The summed E-state index contributed by atoms with van der Waals surface area (Å²) in [5.41, 5.74) is 9.59. The summed E-state index contributed by atoms with van der Waals surface area (Å²) in [5.74, 6) is 0.540. The average molecular weight is 307 g/mol. The molecule has 110 valence electrons. The molecule has 3 rings (SSSR count). The molecule has 2 N–H and O–H groups in total. The van der Waals surface area contributed by atoms with E-state index in [1.807, 2.05) is 6.92 Å². The molecule has 0 radical (unpaired) electrons. The van der Waals surface area contributed by atoms with Gasteiger partial charge in [-0.15, -0.1) is 0 Å². The molecule has 1 aliphatic carbocycles. The maximum Gasteiger partial charge on any atom is 0.288 e. The number of anilines is 1. The SMILES string of the molecule is Cc1cc([N+](=O)[O-])c(Cl)cc1-n1nc(N)c2c1CCCC2. The lowest BCUT2D eigenvalue weighted by molar-refractivity contribution is -0.384. The summed E-state index contributed by atoms with van der Waals surface area (Å²) < 4.78 is 1.79. The van der Waals surface area contributed by atoms with E-state index in [2.05, 4.69) is 5.10 Å². The summed E-state index contributed by atoms with van der Waals surface area (Å²) in [7, 11) is 0. The molecule has 0 unspecified atom stereocenters. The average Bonchev–Trinajstić information content (AvgIpc) is 2.78. The summed E-state index contributed by atoms with van der Waals surface area (Å²) in [6.07, 6.45) is 4.05. The summed E-state index contributed by atoms with van der Waals surface area (Å²) in [6.45, 7) is 1.81. The zero-order chi connectivity index (χ0) is 15.1. The second-order valence-corrected chi connectivity index (χ2v) is 5.68. The minimum Gasteiger partial charge on any atom is -0.382 e. The van der Waals surface area contributed by atoms with Crippen LogP contribution in [0.2, 0.25) is 5.02 Å². The van der Waals surface area contributed by atoms with Gasteiger partial charge in [-0.2, -0.15) is 5.10 Å². The van der Waals surface area contributed by atoms with Crippen molar-refractivity contribution in [2.75, 3.05) is 5.73 Å². The predicted molar refractivity (Wildman–Crippen MR) is 81.0 cm³/mol. The van der Waals surface area contributed by atoms with Gasteiger partial charge in [-0.1, -0.05) is 11.6 Å². The van der Waals surface area contributed by atoms with Crippen molar-refractivity contribution in [1.29, 1.82) is 0 Å². The van der Waals surface area contributed by atoms with Crippen LogP contribution in [0.15, 0.2) is 12.1 Å². The third-order valence-electron chi connectivity index (χ3n) is 3.90. The molecule has 6 nitrogen and oxygen atoms in total. The highest BCUT2D eigenvalue weighted by Gasteiger charge is 2.23. The van der Waals surface area contributed by atoms with Gasteiger partial charge in [0.1, 0.15) is 10.8 Å². The Morgan fingerprint density at radius 1 is 1.38 bits per heavy atom. The Kier molecular flexibility index (Phi) is 3.33. The largest absolute Gasteiger partial charge is 0.382 e. The fourth-order valence-electron chi connectivity index (χ4n) is 2.85. The molecule has 0 atom stereocenters. The summed E-state index contributed by atoms with van der Waals surface area (Å²) in [5, 5.41) is 15.5. The van der Waals surface area contributed by atoms with E-state index >= 15 is 0 Å². The number of hydrogen-bond acceptors (Lipinski definition) is 4. The topological polar surface area (TPSA) is 87.0 Å². The van der Waals surface area contributed by atoms with Gasteiger partial charge in [0.15, 0.2) is 0 Å². The van der Waals surface area contributed by atoms with Crippen LogP contribution in [0, 0.1) is 17.0 Å². The number of benzene rings is 1. The number of nitrogen functional groups attached to an aromatic ring is 1. The van der Waals surface area contributed by atoms with E-state index in [4.69, 9.17) is 17.3 Å². The van der Waals surface area contributed by atoms with E-state index in [-0.39, 0.29) is 10.7 Å². The van der Waals surface area contributed by atoms with Crippen molar-refractivity contribution in [3.8, 4) is 5.69 Å². The van der Waals surface area contributed by atoms with Gasteiger partial charge in [0.05, 0.1) is 10.6 Å². The van der Waals surface area contributed by atoms with E-state index < -0.39 is 4.92 Å². The molecule has 0 saturated carbocycles. The number of hydrogen-bond donors (Lipinski definition) is 1. The fraction of sp³-hybridized carbons (Fsp3) is 0.357. The van der Waals surface area contributed by atoms with Crippen LogP contribution in [0.25, 0.3) is 5.69 Å². The van der Waals surface area contributed by atoms with Crippen LogP contribution in [0.5, 0.6) is 0 Å². The van der Waals surface area contributed by atoms with Gasteiger partial charge in [0.2, 0.25) is 0 Å². The molecule has 7 heteroatoms. The molecule has 0 aliphatic heterocycles. The number of rotatable bonds is 2. The lowest BCUT2D eigenvalue weighted by Crippen LogP contribution is -2.09. The van der Waals surface area contributed by atoms with E-state index in [0.29, 0.717) is 5.82 Å². The molecule has 0 saturated heterocycles. The number of halogens is 1. The lowest BCUT2D eigenvalue weighted by atomic mass is 9.97. The van der Waals surface area contributed by atoms with Crippen molar-refractivity contribution >= 4 is 23.1 Å². The monoisotopic (exact) mass is 306 g/mol. The van der Waals surface area contributed by atoms with Crippen molar-refractivity contribution in [3.05, 3.63) is 44.1 Å². The Morgan fingerprint density at radius 3 is 2.81 bits per heavy atom. The Balaban J connectivity index is 2.18. The molecule has 21 heavy (non-hydrogen) atoms. The van der Waals surface area contributed by atoms with E-state index in [0.717, 1.165) is 48.2 Å². The molecule has 2 aromatic rings. The standard InChI is InChI=1S/C14H15ClN4O2/c1-8-6-13(19(20)21)10(15)7-12(8)18-11-5-3-2-4-9(11)14(16)17-18/h6-7H,2-5H2,1H3,(H2,16,17). The first kappa shape index (κ1) is 13.9. The zero-order valence-electron chi connectivity index (χ0n) is 11.6. The van der Waals surface area contributed by atoms with Gasteiger partial charge in [-0.3, -0.25) is 10.1 Å². The number of nitrogens with two attached hydrogens (primary N) is 1. The summed E-state index contributed by atoms with van der Waals surface area (Å²) in [4.78, 5) is 10.5. The van der Waals surface area contributed by atoms with E-state index in [1.54, 1.807) is 10.7 Å². The van der Waals surface area contributed by atoms with Crippen molar-refractivity contribution in [1.82, 2.24) is 9.78 Å². The van der Waals surface area contributed by atoms with Gasteiger partial charge in [0.25, 0.3) is 5.69 Å². The highest BCUT2D eigenvalue weighted by Crippen LogP contribution is 2.33. The van der Waals surface area contributed by atoms with Gasteiger partial charge in [-0.25, -0.2) is 4.68 Å². The van der Waals surface area contributed by atoms with Crippen LogP contribution in [0.1, 0.15) is 29.7 Å². The highest BCUT2D eigenvalue weighted by atomic mass is 35.5. The van der Waals surface area contributed by atoms with Crippen LogP contribution >= 0.6 is 11.6 Å². The van der Waals surface area contributed by atoms with Crippen molar-refractivity contribution in [3.63, 3.8) is 0 Å². The minimum absolute atomic E-state index is 0.0908. The molecule has 1 aromatic carbocycles. The van der Waals surface area contributed by atoms with Gasteiger partial charge in [-0.05, 0) is 44.2 Å². The van der Waals surface area contributed by atoms with Crippen molar-refractivity contribution < 1.29 is 4.92 Å². The Bertz CT molecular complexity index is 739. The minimum atomic E-state index is -0.480. The van der Waals surface area contributed by atoms with Crippen LogP contribution in [0.4, 0.5) is 11.5 Å². The maximum atomic E-state index is 10.9. The first-order valence-corrected chi connectivity index (χ1v) is 7.18. The highest BCUT2D eigenvalue weighted by molar-refractivity contribution is 6.32. The van der Waals surface area contributed by atoms with Crippen LogP contribution < -0.4 is 5.73 Å². The fourth-order valence-corrected chi connectivity index (χ4v) is 3.08. The van der Waals surface area contributed by atoms with Gasteiger partial charge in [0, 0.05) is 17.3 Å². The normalized spacial score (nSPS) is 14.0. The molecule has 0 fully saturated rings. The Morgan fingerprint density at radius 2 is 2.10 bits per heavy atom. The van der Waals surface area contributed by atoms with Crippen LogP contribution in [-0.2, 0) is 12.8 Å². The number of fused-ring (bicyclic) bond motifs is 1. The number of nitrogens with zero attached hydrogens (tertiary/aromatic N) is 3. The molecule has 1 aliphatic rings. The number of aromatic nitrogens is 2. The third kappa shape index (κ3) is 2.25. The van der Waals surface area contributed by atoms with E-state index in [9.17, 15) is 10.1 Å². The molecular formula is C14H15ClN4O2. The molecule has 0 amide bonds. The van der Waals surface area contributed by atoms with Crippen LogP contribution in [-0.4, -0.2) is 14.7 Å². The second-order valence-electron chi connectivity index (χ2n) is 5.28. The first-order chi connectivity index (χ1) is 9.99. The van der Waals surface area contributed by atoms with Crippen molar-refractivity contribution in [2.45, 2.75) is 32.6 Å². The summed E-state index contributed by atoms with van der Waals surface area (Å²) in [6, 6.07) is 3.07. The summed E-state index contributed by atoms with van der Waals surface area (Å²) >= 11 is 6.02. The third-order valence-corrected chi connectivity index (χ3v) is 4.20. The Hall–Kier alpha value is -2.08. The maximum absolute atomic E-state index is 10.9. The molecule has 1 heterocycles. The number of aryl methyl sites for hydroxylation is 1. The van der Waals surface area contributed by atoms with E-state index in [1.165, 1.54) is 6.07 Å². The first-order valence-electron chi connectivity index (χ1n) is 6.80. The van der Waals surface area contributed by atoms with Gasteiger partial charge >= 0.3 is 0 Å². The molecule has 0 spiro atoms. The predicted octanol–water partition coefficient (Wildman–Crippen LogP) is 3.20. The van der Waals surface area contributed by atoms with Crippen molar-refractivity contribution in [2.24, 2.45) is 0 Å². The Labute approximate surface area is 126 Å². The molecular weight excluding hydrogens is 292 g/mol. The molecule has 1 aromatic heterocycles. The quantitative estimate of drug-likeness (QED) is 0.681. The van der Waals surface area contributed by atoms with Crippen LogP contribution in [0.3, 0.4) is 0 Å². The smallest absolute Gasteiger partial charge is 0.288 e. The van der Waals surface area contributed by atoms with Gasteiger partial charge < -0.3 is 5.73 Å².